The third-order valence-electron chi connectivity index (χ3n) is 8.53. The molecule has 0 radical (unpaired) electrons. The van der Waals surface area contributed by atoms with Gasteiger partial charge in [-0.2, -0.15) is 0 Å². The van der Waals surface area contributed by atoms with Gasteiger partial charge in [-0.15, -0.1) is 0 Å². The third kappa shape index (κ3) is 12.0. The van der Waals surface area contributed by atoms with Crippen LogP contribution in [0.1, 0.15) is 63.2 Å². The molecule has 1 heterocycles. The average molecular weight is 670 g/mol. The fourth-order valence-corrected chi connectivity index (χ4v) is 5.54. The summed E-state index contributed by atoms with van der Waals surface area (Å²) in [6.07, 6.45) is 3.16. The molecule has 12 heteroatoms. The van der Waals surface area contributed by atoms with Crippen molar-refractivity contribution >= 4 is 29.2 Å². The number of nitrogens with zero attached hydrogens (tertiary/aromatic N) is 3. The van der Waals surface area contributed by atoms with E-state index < -0.39 is 12.1 Å². The molecule has 0 bridgehead atoms. The zero-order chi connectivity index (χ0) is 35.2. The van der Waals surface area contributed by atoms with Crippen molar-refractivity contribution in [1.29, 1.82) is 0 Å². The Morgan fingerprint density at radius 1 is 1.06 bits per heavy atom. The van der Waals surface area contributed by atoms with E-state index in [1.54, 1.807) is 73.3 Å². The average Bonchev–Trinajstić information content (AvgIpc) is 3.06. The fraction of sp³-hybridized carbons (Fsp3) is 0.583. The van der Waals surface area contributed by atoms with Gasteiger partial charge in [0.1, 0.15) is 11.5 Å². The number of anilines is 2. The number of rotatable bonds is 11. The van der Waals surface area contributed by atoms with Crippen molar-refractivity contribution in [2.75, 3.05) is 71.7 Å². The van der Waals surface area contributed by atoms with Crippen LogP contribution in [-0.4, -0.2) is 117 Å². The number of ether oxygens (including phenoxy) is 3. The van der Waals surface area contributed by atoms with Gasteiger partial charge >= 0.3 is 6.03 Å². The molecule has 3 rings (SSSR count). The Hall–Kier alpha value is -3.87. The molecule has 12 nitrogen and oxygen atoms in total. The molecule has 0 spiro atoms. The number of fused-ring (bicyclic) bond motifs is 1. The van der Waals surface area contributed by atoms with Gasteiger partial charge in [0.15, 0.2) is 0 Å². The highest BCUT2D eigenvalue weighted by Crippen LogP contribution is 2.29. The van der Waals surface area contributed by atoms with Crippen molar-refractivity contribution in [2.24, 2.45) is 5.92 Å². The number of hydrogen-bond acceptors (Lipinski definition) is 8. The number of methoxy groups -OCH3 is 1. The predicted octanol–water partition coefficient (Wildman–Crippen LogP) is 4.93. The van der Waals surface area contributed by atoms with E-state index in [4.69, 9.17) is 14.2 Å². The lowest BCUT2D eigenvalue weighted by Crippen LogP contribution is -2.48. The van der Waals surface area contributed by atoms with Crippen LogP contribution >= 0.6 is 0 Å². The summed E-state index contributed by atoms with van der Waals surface area (Å²) in [6, 6.07) is 11.0. The summed E-state index contributed by atoms with van der Waals surface area (Å²) in [5.41, 5.74) is 1.26. The van der Waals surface area contributed by atoms with Crippen molar-refractivity contribution in [3.63, 3.8) is 0 Å². The maximum Gasteiger partial charge on any atom is 0.323 e. The minimum absolute atomic E-state index is 0.0553. The standard InChI is InChI=1S/C36H55N5O7/c1-25-22-41(26(2)24-42)35(44)31-21-29(38-36(45)37-28-13-16-30(46-7)17-14-28)15-18-32(31)48-27(3)11-8-9-20-47-33(25)23-40(6)34(43)12-10-19-39(4)5/h13-18,21,25-27,33,42H,8-12,19-20,22-24H2,1-7H3,(H2,37,38,45)/t25-,26+,27+,33-/m1/s1. The second kappa shape index (κ2) is 19.2. The first-order chi connectivity index (χ1) is 22.9. The molecule has 4 atom stereocenters. The highest BCUT2D eigenvalue weighted by Gasteiger charge is 2.31. The molecule has 2 aromatic rings. The predicted molar refractivity (Wildman–Crippen MR) is 188 cm³/mol. The summed E-state index contributed by atoms with van der Waals surface area (Å²) in [5.74, 6) is 0.630. The Bertz CT molecular complexity index is 1320. The van der Waals surface area contributed by atoms with Gasteiger partial charge in [0, 0.05) is 50.5 Å². The summed E-state index contributed by atoms with van der Waals surface area (Å²) >= 11 is 0. The van der Waals surface area contributed by atoms with Gasteiger partial charge < -0.3 is 44.7 Å². The second-order valence-electron chi connectivity index (χ2n) is 13.0. The van der Waals surface area contributed by atoms with Gasteiger partial charge in [-0.25, -0.2) is 4.79 Å². The molecule has 0 saturated carbocycles. The van der Waals surface area contributed by atoms with E-state index >= 15 is 0 Å². The molecular weight excluding hydrogens is 614 g/mol. The number of carbonyl (C=O) groups excluding carboxylic acids is 3. The summed E-state index contributed by atoms with van der Waals surface area (Å²) in [4.78, 5) is 45.6. The largest absolute Gasteiger partial charge is 0.497 e. The summed E-state index contributed by atoms with van der Waals surface area (Å²) in [7, 11) is 7.35. The monoisotopic (exact) mass is 669 g/mol. The van der Waals surface area contributed by atoms with Crippen LogP contribution in [0.4, 0.5) is 16.2 Å². The minimum atomic E-state index is -0.515. The quantitative estimate of drug-likeness (QED) is 0.307. The topological polar surface area (TPSA) is 133 Å². The minimum Gasteiger partial charge on any atom is -0.497 e. The number of hydrogen-bond donors (Lipinski definition) is 3. The van der Waals surface area contributed by atoms with Gasteiger partial charge in [-0.1, -0.05) is 6.92 Å². The highest BCUT2D eigenvalue weighted by molar-refractivity contribution is 6.02. The number of nitrogens with one attached hydrogen (secondary N) is 2. The Kier molecular flexibility index (Phi) is 15.4. The Labute approximate surface area is 285 Å². The lowest BCUT2D eigenvalue weighted by Gasteiger charge is -2.36. The number of aliphatic hydroxyl groups is 1. The number of aliphatic hydroxyl groups excluding tert-OH is 1. The van der Waals surface area contributed by atoms with Crippen molar-refractivity contribution < 1.29 is 33.7 Å². The van der Waals surface area contributed by atoms with Crippen LogP contribution in [0, 0.1) is 5.92 Å². The van der Waals surface area contributed by atoms with Gasteiger partial charge in [0.05, 0.1) is 37.5 Å². The molecule has 0 aliphatic carbocycles. The molecule has 0 unspecified atom stereocenters. The van der Waals surface area contributed by atoms with E-state index in [2.05, 4.69) is 15.5 Å². The van der Waals surface area contributed by atoms with Gasteiger partial charge in [-0.05, 0) is 103 Å². The van der Waals surface area contributed by atoms with E-state index in [1.807, 2.05) is 27.9 Å². The molecule has 2 aromatic carbocycles. The van der Waals surface area contributed by atoms with Crippen molar-refractivity contribution in [3.8, 4) is 11.5 Å². The molecule has 1 aliphatic rings. The number of likely N-dealkylation sites (N-methyl/N-ethyl adjacent to an activating group) is 1. The van der Waals surface area contributed by atoms with Crippen LogP contribution in [0.2, 0.25) is 0 Å². The first kappa shape index (κ1) is 38.6. The maximum absolute atomic E-state index is 14.3. The molecule has 0 saturated heterocycles. The Balaban J connectivity index is 1.86. The van der Waals surface area contributed by atoms with E-state index in [0.29, 0.717) is 42.4 Å². The van der Waals surface area contributed by atoms with Crippen LogP contribution in [0.5, 0.6) is 11.5 Å². The molecule has 0 aromatic heterocycles. The molecule has 266 valence electrons. The van der Waals surface area contributed by atoms with Crippen LogP contribution < -0.4 is 20.1 Å². The Morgan fingerprint density at radius 3 is 2.42 bits per heavy atom. The van der Waals surface area contributed by atoms with E-state index in [9.17, 15) is 19.5 Å². The van der Waals surface area contributed by atoms with E-state index in [1.165, 1.54) is 0 Å². The van der Waals surface area contributed by atoms with Crippen molar-refractivity contribution in [3.05, 3.63) is 48.0 Å². The molecule has 4 amide bonds. The zero-order valence-electron chi connectivity index (χ0n) is 29.7. The van der Waals surface area contributed by atoms with Gasteiger partial charge in [0.25, 0.3) is 5.91 Å². The van der Waals surface area contributed by atoms with E-state index in [0.717, 1.165) is 32.2 Å². The normalized spacial score (nSPS) is 19.8. The number of amides is 4. The van der Waals surface area contributed by atoms with Crippen molar-refractivity contribution in [1.82, 2.24) is 14.7 Å². The van der Waals surface area contributed by atoms with Crippen LogP contribution in [0.3, 0.4) is 0 Å². The lowest BCUT2D eigenvalue weighted by atomic mass is 10.0. The van der Waals surface area contributed by atoms with Gasteiger partial charge in [0.2, 0.25) is 5.91 Å². The Morgan fingerprint density at radius 2 is 1.75 bits per heavy atom. The van der Waals surface area contributed by atoms with Crippen LogP contribution in [-0.2, 0) is 9.53 Å². The summed E-state index contributed by atoms with van der Waals surface area (Å²) in [6.45, 7) is 7.54. The second-order valence-corrected chi connectivity index (χ2v) is 13.0. The number of urea groups is 1. The lowest BCUT2D eigenvalue weighted by molar-refractivity contribution is -0.132. The third-order valence-corrected chi connectivity index (χ3v) is 8.53. The number of carbonyl (C=O) groups is 3. The van der Waals surface area contributed by atoms with E-state index in [-0.39, 0.29) is 48.7 Å². The van der Waals surface area contributed by atoms with Crippen LogP contribution in [0.15, 0.2) is 42.5 Å². The smallest absolute Gasteiger partial charge is 0.323 e. The van der Waals surface area contributed by atoms with Crippen molar-refractivity contribution in [2.45, 2.75) is 71.1 Å². The highest BCUT2D eigenvalue weighted by atomic mass is 16.5. The van der Waals surface area contributed by atoms with Crippen LogP contribution in [0.25, 0.3) is 0 Å². The molecular formula is C36H55N5O7. The fourth-order valence-electron chi connectivity index (χ4n) is 5.54. The van der Waals surface area contributed by atoms with Gasteiger partial charge in [-0.3, -0.25) is 9.59 Å². The first-order valence-corrected chi connectivity index (χ1v) is 16.9. The summed E-state index contributed by atoms with van der Waals surface area (Å²) < 4.78 is 17.8. The molecule has 3 N–H and O–H groups in total. The SMILES string of the molecule is COc1ccc(NC(=O)Nc2ccc3c(c2)C(=O)N([C@@H](C)CO)C[C@@H](C)[C@@H](CN(C)C(=O)CCCN(C)C)OCCCC[C@H](C)O3)cc1. The molecule has 48 heavy (non-hydrogen) atoms. The zero-order valence-corrected chi connectivity index (χ0v) is 29.7. The number of benzene rings is 2. The first-order valence-electron chi connectivity index (χ1n) is 16.9. The molecule has 0 fully saturated rings. The molecule has 1 aliphatic heterocycles. The maximum atomic E-state index is 14.3. The summed E-state index contributed by atoms with van der Waals surface area (Å²) in [5, 5.41) is 15.8.